The maximum atomic E-state index is 11.3. The Labute approximate surface area is 158 Å². The Kier molecular flexibility index (Phi) is 20.8. The molecule has 0 radical (unpaired) electrons. The Morgan fingerprint density at radius 1 is 0.889 bits per heavy atom. The van der Waals surface area contributed by atoms with Gasteiger partial charge in [0.2, 0.25) is 11.9 Å². The summed E-state index contributed by atoms with van der Waals surface area (Å²) in [6, 6.07) is -1.37. The summed E-state index contributed by atoms with van der Waals surface area (Å²) < 4.78 is 9.24. The zero-order chi connectivity index (χ0) is 21.8. The topological polar surface area (TPSA) is 156 Å². The Morgan fingerprint density at radius 3 is 1.56 bits per heavy atom. The van der Waals surface area contributed by atoms with Crippen molar-refractivity contribution in [2.45, 2.75) is 53.5 Å². The third kappa shape index (κ3) is 25.4. The fourth-order valence-corrected chi connectivity index (χ4v) is 1.22. The van der Waals surface area contributed by atoms with E-state index in [0.717, 1.165) is 13.3 Å². The second-order valence-corrected chi connectivity index (χ2v) is 4.63. The van der Waals surface area contributed by atoms with Crippen LogP contribution in [0.2, 0.25) is 0 Å². The molecule has 0 rings (SSSR count). The molecule has 0 aliphatic carbocycles. The molecule has 156 valence electrons. The summed E-state index contributed by atoms with van der Waals surface area (Å²) in [5.41, 5.74) is 0. The summed E-state index contributed by atoms with van der Waals surface area (Å²) in [6.07, 6.45) is 4.55. The number of allylic oxidation sites excluding steroid dienone is 1. The minimum Gasteiger partial charge on any atom is -0.481 e. The molecule has 10 nitrogen and oxygen atoms in total. The van der Waals surface area contributed by atoms with E-state index >= 15 is 0 Å². The smallest absolute Gasteiger partial charge is 0.340 e. The van der Waals surface area contributed by atoms with E-state index < -0.39 is 35.8 Å². The molecular formula is C17H29NO9. The van der Waals surface area contributed by atoms with Crippen LogP contribution in [0.15, 0.2) is 12.2 Å². The molecule has 0 saturated heterocycles. The Morgan fingerprint density at radius 2 is 1.30 bits per heavy atom. The molecule has 0 aliphatic heterocycles. The van der Waals surface area contributed by atoms with Crippen molar-refractivity contribution in [1.29, 1.82) is 0 Å². The second kappa shape index (κ2) is 19.4. The molecule has 0 atom stereocenters. The molecular weight excluding hydrogens is 362 g/mol. The molecule has 10 heteroatoms. The van der Waals surface area contributed by atoms with Crippen LogP contribution >= 0.6 is 0 Å². The maximum absolute atomic E-state index is 11.3. The van der Waals surface area contributed by atoms with Crippen LogP contribution in [0.3, 0.4) is 0 Å². The van der Waals surface area contributed by atoms with Gasteiger partial charge in [0.15, 0.2) is 0 Å². The zero-order valence-electron chi connectivity index (χ0n) is 16.3. The van der Waals surface area contributed by atoms with E-state index in [4.69, 9.17) is 15.0 Å². The monoisotopic (exact) mass is 391 g/mol. The lowest BCUT2D eigenvalue weighted by Crippen LogP contribution is -2.47. The quantitative estimate of drug-likeness (QED) is 0.313. The molecule has 0 aromatic heterocycles. The summed E-state index contributed by atoms with van der Waals surface area (Å²) in [6.45, 7) is 7.73. The van der Waals surface area contributed by atoms with Crippen molar-refractivity contribution in [3.63, 3.8) is 0 Å². The van der Waals surface area contributed by atoms with Gasteiger partial charge in [-0.1, -0.05) is 19.1 Å². The lowest BCUT2D eigenvalue weighted by atomic mass is 10.3. The van der Waals surface area contributed by atoms with Gasteiger partial charge in [0.05, 0.1) is 19.6 Å². The van der Waals surface area contributed by atoms with Crippen molar-refractivity contribution in [2.24, 2.45) is 0 Å². The first kappa shape index (κ1) is 28.9. The molecule has 0 unspecified atom stereocenters. The van der Waals surface area contributed by atoms with Crippen molar-refractivity contribution in [1.82, 2.24) is 5.32 Å². The van der Waals surface area contributed by atoms with Crippen LogP contribution in [0.4, 0.5) is 0 Å². The van der Waals surface area contributed by atoms with Crippen LogP contribution in [0.5, 0.6) is 0 Å². The predicted octanol–water partition coefficient (Wildman–Crippen LogP) is 1.14. The lowest BCUT2D eigenvalue weighted by molar-refractivity contribution is -0.159. The number of ether oxygens (including phenoxy) is 2. The van der Waals surface area contributed by atoms with E-state index in [9.17, 15) is 19.2 Å². The Bertz CT molecular complexity index is 479. The molecule has 0 spiro atoms. The fraction of sp³-hybridized carbons (Fsp3) is 0.588. The number of nitrogens with one attached hydrogen (secondary N) is 1. The van der Waals surface area contributed by atoms with Crippen LogP contribution in [-0.2, 0) is 33.4 Å². The van der Waals surface area contributed by atoms with Crippen molar-refractivity contribution < 1.29 is 43.7 Å². The summed E-state index contributed by atoms with van der Waals surface area (Å²) in [5, 5.41) is 17.7. The fourth-order valence-electron chi connectivity index (χ4n) is 1.22. The van der Waals surface area contributed by atoms with E-state index in [1.165, 1.54) is 6.92 Å². The maximum Gasteiger partial charge on any atom is 0.340 e. The summed E-state index contributed by atoms with van der Waals surface area (Å²) in [4.78, 5) is 52.1. The van der Waals surface area contributed by atoms with Gasteiger partial charge in [-0.3, -0.25) is 14.4 Å². The Balaban J connectivity index is -0.000000400. The summed E-state index contributed by atoms with van der Waals surface area (Å²) in [7, 11) is 0. The summed E-state index contributed by atoms with van der Waals surface area (Å²) >= 11 is 0. The molecule has 0 heterocycles. The highest BCUT2D eigenvalue weighted by Crippen LogP contribution is 1.94. The number of carboxylic acids is 2. The number of rotatable bonds is 8. The molecule has 1 amide bonds. The number of amides is 1. The normalized spacial score (nSPS) is 9.26. The van der Waals surface area contributed by atoms with Gasteiger partial charge in [0.1, 0.15) is 0 Å². The SMILES string of the molecule is CC(=O)O.CCC=CCC(=O)O.CCOC(=O)C(NC(C)=O)C(=O)OCC. The molecule has 0 saturated carbocycles. The first-order valence-corrected chi connectivity index (χ1v) is 8.19. The van der Waals surface area contributed by atoms with E-state index in [2.05, 4.69) is 14.8 Å². The summed E-state index contributed by atoms with van der Waals surface area (Å²) in [5.74, 6) is -3.73. The molecule has 3 N–H and O–H groups in total. The van der Waals surface area contributed by atoms with Gasteiger partial charge >= 0.3 is 17.9 Å². The average Bonchev–Trinajstić information content (AvgIpc) is 2.53. The third-order valence-electron chi connectivity index (χ3n) is 2.09. The number of carbonyl (C=O) groups excluding carboxylic acids is 3. The van der Waals surface area contributed by atoms with E-state index in [1.807, 2.05) is 13.0 Å². The zero-order valence-corrected chi connectivity index (χ0v) is 16.3. The molecule has 0 fully saturated rings. The highest BCUT2D eigenvalue weighted by atomic mass is 16.6. The third-order valence-corrected chi connectivity index (χ3v) is 2.09. The Hall–Kier alpha value is -2.91. The van der Waals surface area contributed by atoms with Gasteiger partial charge in [-0.2, -0.15) is 0 Å². The van der Waals surface area contributed by atoms with Crippen LogP contribution in [-0.4, -0.2) is 59.3 Å². The van der Waals surface area contributed by atoms with Crippen molar-refractivity contribution in [3.8, 4) is 0 Å². The minimum absolute atomic E-state index is 0.133. The van der Waals surface area contributed by atoms with E-state index in [-0.39, 0.29) is 19.6 Å². The van der Waals surface area contributed by atoms with Crippen molar-refractivity contribution in [3.05, 3.63) is 12.2 Å². The first-order valence-electron chi connectivity index (χ1n) is 8.19. The molecule has 0 aromatic carbocycles. The lowest BCUT2D eigenvalue weighted by Gasteiger charge is -2.14. The van der Waals surface area contributed by atoms with Crippen LogP contribution in [0, 0.1) is 0 Å². The largest absolute Gasteiger partial charge is 0.481 e. The van der Waals surface area contributed by atoms with Crippen molar-refractivity contribution in [2.75, 3.05) is 13.2 Å². The number of hydrogen-bond acceptors (Lipinski definition) is 7. The average molecular weight is 391 g/mol. The van der Waals surface area contributed by atoms with Gasteiger partial charge in [0, 0.05) is 13.8 Å². The van der Waals surface area contributed by atoms with E-state index in [1.54, 1.807) is 19.9 Å². The second-order valence-electron chi connectivity index (χ2n) is 4.63. The highest BCUT2D eigenvalue weighted by Gasteiger charge is 2.30. The predicted molar refractivity (Wildman–Crippen MR) is 95.9 cm³/mol. The number of esters is 2. The number of carbonyl (C=O) groups is 5. The van der Waals surface area contributed by atoms with Crippen LogP contribution < -0.4 is 5.32 Å². The van der Waals surface area contributed by atoms with Gasteiger partial charge < -0.3 is 25.0 Å². The number of hydrogen-bond donors (Lipinski definition) is 3. The van der Waals surface area contributed by atoms with Crippen molar-refractivity contribution >= 4 is 29.8 Å². The van der Waals surface area contributed by atoms with Gasteiger partial charge in [-0.05, 0) is 20.3 Å². The molecule has 27 heavy (non-hydrogen) atoms. The van der Waals surface area contributed by atoms with E-state index in [0.29, 0.717) is 0 Å². The minimum atomic E-state index is -1.37. The standard InChI is InChI=1S/C9H15NO5.C6H10O2.C2H4O2/c1-4-14-8(12)7(10-6(3)11)9(13)15-5-2;1-2-3-4-5-6(7)8;1-2(3)4/h7H,4-5H2,1-3H3,(H,10,11);3-4H,2,5H2,1H3,(H,7,8);1H3,(H,3,4). The molecule has 0 aliphatic rings. The van der Waals surface area contributed by atoms with Crippen LogP contribution in [0.1, 0.15) is 47.5 Å². The first-order chi connectivity index (χ1) is 12.5. The number of carboxylic acid groups (broad SMARTS) is 2. The van der Waals surface area contributed by atoms with Gasteiger partial charge in [-0.15, -0.1) is 0 Å². The molecule has 0 aromatic rings. The van der Waals surface area contributed by atoms with Gasteiger partial charge in [0.25, 0.3) is 5.97 Å². The number of aliphatic carboxylic acids is 2. The highest BCUT2D eigenvalue weighted by molar-refractivity contribution is 6.02. The molecule has 0 bridgehead atoms. The van der Waals surface area contributed by atoms with Crippen LogP contribution in [0.25, 0.3) is 0 Å². The van der Waals surface area contributed by atoms with Gasteiger partial charge in [-0.25, -0.2) is 9.59 Å².